The van der Waals surface area contributed by atoms with Crippen molar-refractivity contribution in [3.05, 3.63) is 77.0 Å². The van der Waals surface area contributed by atoms with Gasteiger partial charge in [-0.15, -0.1) is 0 Å². The van der Waals surface area contributed by atoms with E-state index in [0.29, 0.717) is 23.7 Å². The fraction of sp³-hybridized carbons (Fsp3) is 0.190. The van der Waals surface area contributed by atoms with Crippen molar-refractivity contribution in [2.45, 2.75) is 26.4 Å². The second-order valence-corrected chi connectivity index (χ2v) is 7.22. The van der Waals surface area contributed by atoms with Crippen LogP contribution in [0.3, 0.4) is 0 Å². The number of nitrogens with one attached hydrogen (secondary N) is 2. The molecule has 152 valence electrons. The van der Waals surface area contributed by atoms with E-state index >= 15 is 0 Å². The normalized spacial score (nSPS) is 10.8. The molecule has 1 amide bonds. The van der Waals surface area contributed by atoms with Gasteiger partial charge in [-0.2, -0.15) is 10.2 Å². The summed E-state index contributed by atoms with van der Waals surface area (Å²) in [4.78, 5) is 16.8. The Kier molecular flexibility index (Phi) is 5.80. The van der Waals surface area contributed by atoms with Crippen LogP contribution in [0, 0.1) is 11.7 Å². The Balaban J connectivity index is 1.41. The minimum Gasteiger partial charge on any atom is -0.352 e. The maximum Gasteiger partial charge on any atom is 0.222 e. The van der Waals surface area contributed by atoms with Gasteiger partial charge in [0.15, 0.2) is 16.4 Å². The van der Waals surface area contributed by atoms with Crippen LogP contribution in [-0.4, -0.2) is 35.4 Å². The smallest absolute Gasteiger partial charge is 0.222 e. The molecule has 0 saturated heterocycles. The van der Waals surface area contributed by atoms with Crippen LogP contribution in [-0.2, 0) is 17.9 Å². The number of aromatic nitrogens is 6. The van der Waals surface area contributed by atoms with Crippen LogP contribution in [0.5, 0.6) is 0 Å². The molecule has 3 aromatic heterocycles. The lowest BCUT2D eigenvalue weighted by Gasteiger charge is -2.10. The fourth-order valence-electron chi connectivity index (χ4n) is 3.11. The van der Waals surface area contributed by atoms with Crippen molar-refractivity contribution in [2.75, 3.05) is 0 Å². The van der Waals surface area contributed by atoms with E-state index in [9.17, 15) is 4.79 Å². The fourth-order valence-corrected chi connectivity index (χ4v) is 3.34. The second kappa shape index (κ2) is 8.83. The molecule has 0 bridgehead atoms. The lowest BCUT2D eigenvalue weighted by atomic mass is 10.1. The average molecular weight is 420 g/mol. The van der Waals surface area contributed by atoms with Gasteiger partial charge in [0.1, 0.15) is 0 Å². The molecule has 30 heavy (non-hydrogen) atoms. The minimum absolute atomic E-state index is 0.0803. The van der Waals surface area contributed by atoms with Crippen LogP contribution < -0.4 is 5.32 Å². The van der Waals surface area contributed by atoms with Gasteiger partial charge in [-0.1, -0.05) is 35.9 Å². The molecular weight excluding hydrogens is 398 g/mol. The van der Waals surface area contributed by atoms with E-state index in [1.165, 1.54) is 5.56 Å². The van der Waals surface area contributed by atoms with Crippen molar-refractivity contribution in [1.82, 2.24) is 34.8 Å². The molecule has 4 aromatic rings. The van der Waals surface area contributed by atoms with Gasteiger partial charge in [0.25, 0.3) is 0 Å². The second-order valence-electron chi connectivity index (χ2n) is 6.83. The summed E-state index contributed by atoms with van der Waals surface area (Å²) in [6.45, 7) is 2.83. The highest BCUT2D eigenvalue weighted by atomic mass is 32.1. The number of pyridine rings is 1. The highest BCUT2D eigenvalue weighted by Crippen LogP contribution is 2.18. The Morgan fingerprint density at radius 2 is 2.00 bits per heavy atom. The Bertz CT molecular complexity index is 1190. The van der Waals surface area contributed by atoms with Gasteiger partial charge < -0.3 is 5.32 Å². The molecule has 0 saturated carbocycles. The molecule has 4 rings (SSSR count). The Morgan fingerprint density at radius 3 is 2.77 bits per heavy atom. The van der Waals surface area contributed by atoms with Crippen LogP contribution >= 0.6 is 12.2 Å². The largest absolute Gasteiger partial charge is 0.352 e. The predicted molar refractivity (Wildman–Crippen MR) is 115 cm³/mol. The number of benzene rings is 1. The first kappa shape index (κ1) is 19.7. The zero-order valence-corrected chi connectivity index (χ0v) is 17.3. The molecule has 0 radical (unpaired) electrons. The van der Waals surface area contributed by atoms with Crippen LogP contribution in [0.1, 0.15) is 17.5 Å². The van der Waals surface area contributed by atoms with Crippen molar-refractivity contribution in [3.63, 3.8) is 0 Å². The molecule has 8 nitrogen and oxygen atoms in total. The van der Waals surface area contributed by atoms with E-state index < -0.39 is 0 Å². The van der Waals surface area contributed by atoms with Gasteiger partial charge >= 0.3 is 0 Å². The maximum absolute atomic E-state index is 12.5. The first-order valence-electron chi connectivity index (χ1n) is 9.54. The first-order valence-corrected chi connectivity index (χ1v) is 9.95. The van der Waals surface area contributed by atoms with Crippen LogP contribution in [0.4, 0.5) is 0 Å². The van der Waals surface area contributed by atoms with E-state index in [0.717, 1.165) is 17.0 Å². The maximum atomic E-state index is 12.5. The Labute approximate surface area is 178 Å². The summed E-state index contributed by atoms with van der Waals surface area (Å²) in [6.07, 6.45) is 5.50. The molecule has 1 aromatic carbocycles. The molecule has 0 fully saturated rings. The van der Waals surface area contributed by atoms with Crippen molar-refractivity contribution < 1.29 is 4.79 Å². The number of hydrogen-bond donors (Lipinski definition) is 2. The highest BCUT2D eigenvalue weighted by molar-refractivity contribution is 7.71. The summed E-state index contributed by atoms with van der Waals surface area (Å²) in [7, 11) is 0. The summed E-state index contributed by atoms with van der Waals surface area (Å²) in [5.41, 5.74) is 3.01. The summed E-state index contributed by atoms with van der Waals surface area (Å²) in [6, 6.07) is 13.6. The van der Waals surface area contributed by atoms with E-state index in [1.807, 2.05) is 60.2 Å². The Morgan fingerprint density at radius 1 is 1.17 bits per heavy atom. The number of H-pyrrole nitrogens is 1. The van der Waals surface area contributed by atoms with Gasteiger partial charge in [0.2, 0.25) is 5.91 Å². The molecule has 3 heterocycles. The lowest BCUT2D eigenvalue weighted by Crippen LogP contribution is -2.25. The third-order valence-corrected chi connectivity index (χ3v) is 5.01. The highest BCUT2D eigenvalue weighted by Gasteiger charge is 2.12. The van der Waals surface area contributed by atoms with Crippen molar-refractivity contribution in [2.24, 2.45) is 0 Å². The van der Waals surface area contributed by atoms with E-state index in [1.54, 1.807) is 17.1 Å². The molecule has 0 atom stereocenters. The van der Waals surface area contributed by atoms with Crippen molar-refractivity contribution in [1.29, 1.82) is 0 Å². The number of aryl methyl sites for hydroxylation is 1. The number of hydrogen-bond acceptors (Lipinski definition) is 5. The Hall–Kier alpha value is -3.59. The molecule has 0 aliphatic rings. The molecule has 0 aliphatic heterocycles. The quantitative estimate of drug-likeness (QED) is 0.449. The van der Waals surface area contributed by atoms with Gasteiger partial charge in [0.05, 0.1) is 0 Å². The van der Waals surface area contributed by atoms with Crippen LogP contribution in [0.25, 0.3) is 17.2 Å². The number of nitrogens with zero attached hydrogens (tertiary/aromatic N) is 5. The first-order chi connectivity index (χ1) is 14.6. The van der Waals surface area contributed by atoms with Crippen LogP contribution in [0.2, 0.25) is 0 Å². The van der Waals surface area contributed by atoms with E-state index in [2.05, 4.69) is 25.6 Å². The van der Waals surface area contributed by atoms with Gasteiger partial charge in [-0.3, -0.25) is 14.5 Å². The minimum atomic E-state index is -0.0803. The number of carbonyl (C=O) groups excluding carboxylic acids is 1. The molecule has 0 spiro atoms. The lowest BCUT2D eigenvalue weighted by molar-refractivity contribution is -0.121. The van der Waals surface area contributed by atoms with Crippen molar-refractivity contribution in [3.8, 4) is 17.2 Å². The third-order valence-electron chi connectivity index (χ3n) is 4.70. The van der Waals surface area contributed by atoms with Gasteiger partial charge in [-0.05, 0) is 31.3 Å². The van der Waals surface area contributed by atoms with E-state index in [4.69, 9.17) is 12.2 Å². The van der Waals surface area contributed by atoms with Crippen molar-refractivity contribution >= 4 is 18.1 Å². The van der Waals surface area contributed by atoms with E-state index in [-0.39, 0.29) is 12.3 Å². The zero-order chi connectivity index (χ0) is 20.9. The van der Waals surface area contributed by atoms with Crippen LogP contribution in [0.15, 0.2) is 61.1 Å². The molecule has 0 aliphatic carbocycles. The third kappa shape index (κ3) is 4.36. The summed E-state index contributed by atoms with van der Waals surface area (Å²) >= 11 is 5.35. The van der Waals surface area contributed by atoms with Gasteiger partial charge in [0, 0.05) is 49.2 Å². The number of carbonyl (C=O) groups is 1. The summed E-state index contributed by atoms with van der Waals surface area (Å²) < 4.78 is 4.02. The summed E-state index contributed by atoms with van der Waals surface area (Å²) in [5.74, 6) is 1.34. The predicted octanol–water partition coefficient (Wildman–Crippen LogP) is 3.20. The SMILES string of the molecule is Cc1ccc(-c2n[nH]c(=S)n2CCC(=O)NCc2cccnc2-n2cccn2)cc1. The number of aromatic amines is 1. The average Bonchev–Trinajstić information content (AvgIpc) is 3.42. The molecule has 9 heteroatoms. The number of amides is 1. The standard InChI is InChI=1S/C21H21N7OS/c1-15-5-7-16(8-6-15)20-25-26-21(30)27(20)13-9-18(29)23-14-17-4-2-10-22-19(17)28-12-3-11-24-28/h2-8,10-12H,9,13-14H2,1H3,(H,23,29)(H,26,30). The molecule has 0 unspecified atom stereocenters. The van der Waals surface area contributed by atoms with Gasteiger partial charge in [-0.25, -0.2) is 9.67 Å². The number of rotatable bonds is 7. The molecular formula is C21H21N7OS. The monoisotopic (exact) mass is 419 g/mol. The zero-order valence-electron chi connectivity index (χ0n) is 16.4. The molecule has 2 N–H and O–H groups in total. The topological polar surface area (TPSA) is 93.4 Å². The summed E-state index contributed by atoms with van der Waals surface area (Å²) in [5, 5.41) is 14.3.